The van der Waals surface area contributed by atoms with Crippen molar-refractivity contribution in [2.24, 2.45) is 11.7 Å². The molecule has 0 bridgehead atoms. The number of phenols is 1. The van der Waals surface area contributed by atoms with Crippen molar-refractivity contribution in [1.29, 1.82) is 5.41 Å². The largest absolute Gasteiger partial charge is 0.508 e. The van der Waals surface area contributed by atoms with Crippen molar-refractivity contribution in [1.82, 2.24) is 9.88 Å². The highest BCUT2D eigenvalue weighted by Gasteiger charge is 2.39. The van der Waals surface area contributed by atoms with Crippen LogP contribution in [0.5, 0.6) is 5.75 Å². The molecule has 1 fully saturated rings. The first-order valence-electron chi connectivity index (χ1n) is 11.6. The monoisotopic (exact) mass is 488 g/mol. The molecule has 1 aromatic heterocycles. The molecular weight excluding hydrogens is 460 g/mol. The quantitative estimate of drug-likeness (QED) is 0.228. The van der Waals surface area contributed by atoms with E-state index >= 15 is 0 Å². The number of nitrogens with two attached hydrogens (primary N) is 1. The molecule has 0 spiro atoms. The van der Waals surface area contributed by atoms with E-state index in [0.29, 0.717) is 29.7 Å². The van der Waals surface area contributed by atoms with Crippen molar-refractivity contribution in [3.8, 4) is 16.9 Å². The van der Waals surface area contributed by atoms with Crippen molar-refractivity contribution < 1.29 is 19.4 Å². The molecule has 4 rings (SSSR count). The Balaban J connectivity index is 1.58. The van der Waals surface area contributed by atoms with Crippen molar-refractivity contribution in [2.75, 3.05) is 13.7 Å². The van der Waals surface area contributed by atoms with E-state index in [1.165, 1.54) is 25.3 Å². The molecule has 1 aliphatic rings. The van der Waals surface area contributed by atoms with Crippen LogP contribution in [0.4, 0.5) is 0 Å². The topological polar surface area (TPSA) is 150 Å². The van der Waals surface area contributed by atoms with Crippen LogP contribution in [0.25, 0.3) is 11.1 Å². The average molecular weight is 489 g/mol. The summed E-state index contributed by atoms with van der Waals surface area (Å²) in [6, 6.07) is 14.4. The van der Waals surface area contributed by atoms with Crippen LogP contribution in [-0.2, 0) is 16.0 Å². The van der Waals surface area contributed by atoms with Crippen LogP contribution in [0, 0.1) is 11.3 Å². The highest BCUT2D eigenvalue weighted by Crippen LogP contribution is 2.32. The van der Waals surface area contributed by atoms with Crippen LogP contribution in [0.1, 0.15) is 34.3 Å². The van der Waals surface area contributed by atoms with Crippen molar-refractivity contribution in [3.63, 3.8) is 0 Å². The van der Waals surface area contributed by atoms with E-state index < -0.39 is 17.9 Å². The van der Waals surface area contributed by atoms with Gasteiger partial charge >= 0.3 is 5.97 Å². The summed E-state index contributed by atoms with van der Waals surface area (Å²) in [6.07, 6.45) is 3.11. The van der Waals surface area contributed by atoms with E-state index in [9.17, 15) is 19.5 Å². The number of aromatic amines is 1. The number of pyridine rings is 1. The first kappa shape index (κ1) is 24.7. The van der Waals surface area contributed by atoms with E-state index in [1.807, 2.05) is 12.1 Å². The zero-order valence-electron chi connectivity index (χ0n) is 19.9. The standard InChI is InChI=1S/C27H28N4O5/c1-36-27(35)21(14-20-13-18(25(28)29)8-10-23(20)32)22-3-2-12-31(22)26(34)17-6-4-16(5-7-17)19-9-11-24(33)30-15-19/h4-11,13,15,21-22,32H,2-3,12,14H2,1H3,(H3,28,29)(H,30,33)/t21-,22-/m1/s1. The summed E-state index contributed by atoms with van der Waals surface area (Å²) in [5.41, 5.74) is 8.47. The summed E-state index contributed by atoms with van der Waals surface area (Å²) in [5.74, 6) is -1.52. The minimum atomic E-state index is -0.699. The number of aromatic hydroxyl groups is 1. The maximum Gasteiger partial charge on any atom is 0.311 e. The molecule has 0 radical (unpaired) electrons. The molecule has 1 amide bonds. The van der Waals surface area contributed by atoms with Crippen molar-refractivity contribution in [2.45, 2.75) is 25.3 Å². The predicted octanol–water partition coefficient (Wildman–Crippen LogP) is 2.67. The third-order valence-corrected chi connectivity index (χ3v) is 6.61. The number of esters is 1. The summed E-state index contributed by atoms with van der Waals surface area (Å²) < 4.78 is 5.07. The average Bonchev–Trinajstić information content (AvgIpc) is 3.37. The summed E-state index contributed by atoms with van der Waals surface area (Å²) in [4.78, 5) is 41.9. The number of benzene rings is 2. The third kappa shape index (κ3) is 5.14. The van der Waals surface area contributed by atoms with Crippen LogP contribution in [0.3, 0.4) is 0 Å². The van der Waals surface area contributed by atoms with Crippen LogP contribution < -0.4 is 11.3 Å². The highest BCUT2D eigenvalue weighted by atomic mass is 16.5. The number of aromatic nitrogens is 1. The van der Waals surface area contributed by atoms with Crippen molar-refractivity contribution >= 4 is 17.7 Å². The Morgan fingerprint density at radius 1 is 1.14 bits per heavy atom. The molecule has 3 aromatic rings. The maximum atomic E-state index is 13.5. The number of carbonyl (C=O) groups excluding carboxylic acids is 2. The second-order valence-electron chi connectivity index (χ2n) is 8.82. The lowest BCUT2D eigenvalue weighted by molar-refractivity contribution is -0.147. The molecular formula is C27H28N4O5. The number of nitrogen functional groups attached to an aromatic ring is 1. The lowest BCUT2D eigenvalue weighted by atomic mass is 9.89. The minimum Gasteiger partial charge on any atom is -0.508 e. The zero-order chi connectivity index (χ0) is 25.8. The molecule has 36 heavy (non-hydrogen) atoms. The van der Waals surface area contributed by atoms with Crippen molar-refractivity contribution in [3.05, 3.63) is 87.8 Å². The molecule has 1 saturated heterocycles. The second kappa shape index (κ2) is 10.5. The molecule has 0 unspecified atom stereocenters. The summed E-state index contributed by atoms with van der Waals surface area (Å²) in [7, 11) is 1.30. The summed E-state index contributed by atoms with van der Waals surface area (Å²) in [5, 5.41) is 18.1. The van der Waals surface area contributed by atoms with Crippen LogP contribution in [0.15, 0.2) is 65.6 Å². The number of ether oxygens (including phenoxy) is 1. The maximum absolute atomic E-state index is 13.5. The van der Waals surface area contributed by atoms with Gasteiger partial charge in [0.1, 0.15) is 11.6 Å². The molecule has 0 aliphatic carbocycles. The molecule has 2 heterocycles. The van der Waals surface area contributed by atoms with E-state index in [0.717, 1.165) is 17.5 Å². The number of phenolic OH excluding ortho intramolecular Hbond substituents is 1. The number of nitrogens with one attached hydrogen (secondary N) is 2. The Labute approximate surface area is 208 Å². The van der Waals surface area contributed by atoms with E-state index in [-0.39, 0.29) is 29.5 Å². The predicted molar refractivity (Wildman–Crippen MR) is 135 cm³/mol. The van der Waals surface area contributed by atoms with Crippen LogP contribution >= 0.6 is 0 Å². The number of H-pyrrole nitrogens is 1. The van der Waals surface area contributed by atoms with E-state index in [4.69, 9.17) is 15.9 Å². The molecule has 5 N–H and O–H groups in total. The van der Waals surface area contributed by atoms with Gasteiger partial charge in [-0.1, -0.05) is 12.1 Å². The van der Waals surface area contributed by atoms with Gasteiger partial charge in [0.15, 0.2) is 0 Å². The Hall–Kier alpha value is -4.40. The Kier molecular flexibility index (Phi) is 7.19. The Morgan fingerprint density at radius 3 is 2.47 bits per heavy atom. The summed E-state index contributed by atoms with van der Waals surface area (Å²) >= 11 is 0. The number of amidine groups is 1. The van der Waals surface area contributed by atoms with Gasteiger partial charge in [0.25, 0.3) is 5.91 Å². The Morgan fingerprint density at radius 2 is 1.83 bits per heavy atom. The second-order valence-corrected chi connectivity index (χ2v) is 8.82. The molecule has 9 nitrogen and oxygen atoms in total. The van der Waals surface area contributed by atoms with E-state index in [1.54, 1.807) is 35.4 Å². The van der Waals surface area contributed by atoms with Gasteiger partial charge in [-0.25, -0.2) is 0 Å². The lowest BCUT2D eigenvalue weighted by Crippen LogP contribution is -2.44. The zero-order valence-corrected chi connectivity index (χ0v) is 19.9. The van der Waals surface area contributed by atoms with Gasteiger partial charge < -0.3 is 25.5 Å². The summed E-state index contributed by atoms with van der Waals surface area (Å²) in [6.45, 7) is 0.498. The number of nitrogens with zero attached hydrogens (tertiary/aromatic N) is 1. The van der Waals surface area contributed by atoms with Crippen LogP contribution in [0.2, 0.25) is 0 Å². The number of likely N-dealkylation sites (tertiary alicyclic amines) is 1. The number of hydrogen-bond acceptors (Lipinski definition) is 6. The minimum absolute atomic E-state index is 0.0115. The molecule has 2 aromatic carbocycles. The normalized spacial score (nSPS) is 15.9. The van der Waals surface area contributed by atoms with Gasteiger partial charge in [-0.3, -0.25) is 19.8 Å². The highest BCUT2D eigenvalue weighted by molar-refractivity contribution is 5.96. The SMILES string of the molecule is COC(=O)[C@H](Cc1cc(C(=N)N)ccc1O)[C@H]1CCCN1C(=O)c1ccc(-c2ccc(=O)[nH]c2)cc1. The number of methoxy groups -OCH3 is 1. The first-order chi connectivity index (χ1) is 17.3. The van der Waals surface area contributed by atoms with E-state index in [2.05, 4.69) is 4.98 Å². The van der Waals surface area contributed by atoms with Crippen LogP contribution in [-0.4, -0.2) is 52.4 Å². The third-order valence-electron chi connectivity index (χ3n) is 6.61. The lowest BCUT2D eigenvalue weighted by Gasteiger charge is -2.30. The van der Waals surface area contributed by atoms with Gasteiger partial charge in [0.05, 0.1) is 13.0 Å². The number of carbonyl (C=O) groups is 2. The molecule has 0 saturated carbocycles. The molecule has 1 aliphatic heterocycles. The van der Waals surface area contributed by atoms with Gasteiger partial charge in [0, 0.05) is 36.0 Å². The van der Waals surface area contributed by atoms with Gasteiger partial charge in [0.2, 0.25) is 5.56 Å². The van der Waals surface area contributed by atoms with Gasteiger partial charge in [-0.15, -0.1) is 0 Å². The number of rotatable bonds is 7. The fourth-order valence-corrected chi connectivity index (χ4v) is 4.71. The molecule has 186 valence electrons. The smallest absolute Gasteiger partial charge is 0.311 e. The fourth-order valence-electron chi connectivity index (χ4n) is 4.71. The Bertz CT molecular complexity index is 1330. The molecule has 2 atom stereocenters. The number of amides is 1. The molecule has 9 heteroatoms. The first-order valence-corrected chi connectivity index (χ1v) is 11.6. The number of hydrogen-bond donors (Lipinski definition) is 4. The van der Waals surface area contributed by atoms with Gasteiger partial charge in [-0.2, -0.15) is 0 Å². The fraction of sp³-hybridized carbons (Fsp3) is 0.259. The van der Waals surface area contributed by atoms with Gasteiger partial charge in [-0.05, 0) is 72.4 Å².